The summed E-state index contributed by atoms with van der Waals surface area (Å²) in [5.74, 6) is 0. The van der Waals surface area contributed by atoms with E-state index < -0.39 is 4.92 Å². The van der Waals surface area contributed by atoms with E-state index >= 15 is 0 Å². The van der Waals surface area contributed by atoms with E-state index in [-0.39, 0.29) is 16.8 Å². The summed E-state index contributed by atoms with van der Waals surface area (Å²) >= 11 is 5.67. The number of hydrogen-bond donors (Lipinski definition) is 1. The fourth-order valence-electron chi connectivity index (χ4n) is 1.09. The zero-order valence-electron chi connectivity index (χ0n) is 7.03. The van der Waals surface area contributed by atoms with Gasteiger partial charge >= 0.3 is 0 Å². The van der Waals surface area contributed by atoms with Crippen LogP contribution in [-0.4, -0.2) is 4.92 Å². The van der Waals surface area contributed by atoms with Gasteiger partial charge in [0.15, 0.2) is 0 Å². The lowest BCUT2D eigenvalue weighted by molar-refractivity contribution is -0.385. The molecule has 0 aliphatic carbocycles. The molecular weight excluding hydrogens is 192 g/mol. The molecule has 0 aromatic heterocycles. The third-order valence-electron chi connectivity index (χ3n) is 1.69. The van der Waals surface area contributed by atoms with Crippen LogP contribution in [0.2, 0.25) is 5.02 Å². The predicted octanol–water partition coefficient (Wildman–Crippen LogP) is 2.27. The second-order valence-electron chi connectivity index (χ2n) is 2.72. The van der Waals surface area contributed by atoms with Gasteiger partial charge in [-0.25, -0.2) is 0 Å². The van der Waals surface area contributed by atoms with E-state index in [1.807, 2.05) is 0 Å². The summed E-state index contributed by atoms with van der Waals surface area (Å²) in [6, 6.07) is 4.34. The fourth-order valence-corrected chi connectivity index (χ4v) is 1.34. The second kappa shape index (κ2) is 3.72. The molecule has 70 valence electrons. The highest BCUT2D eigenvalue weighted by atomic mass is 35.5. The topological polar surface area (TPSA) is 69.2 Å². The van der Waals surface area contributed by atoms with Crippen molar-refractivity contribution in [2.45, 2.75) is 13.0 Å². The number of hydrogen-bond acceptors (Lipinski definition) is 3. The van der Waals surface area contributed by atoms with Gasteiger partial charge in [0.1, 0.15) is 5.02 Å². The highest BCUT2D eigenvalue weighted by Crippen LogP contribution is 2.30. The Morgan fingerprint density at radius 2 is 2.23 bits per heavy atom. The average molecular weight is 201 g/mol. The van der Waals surface area contributed by atoms with E-state index in [9.17, 15) is 10.1 Å². The van der Waals surface area contributed by atoms with E-state index in [0.717, 1.165) is 0 Å². The lowest BCUT2D eigenvalue weighted by Crippen LogP contribution is -2.08. The van der Waals surface area contributed by atoms with Crippen molar-refractivity contribution in [2.75, 3.05) is 0 Å². The normalized spacial score (nSPS) is 12.5. The van der Waals surface area contributed by atoms with Crippen LogP contribution in [0.4, 0.5) is 5.69 Å². The minimum Gasteiger partial charge on any atom is -0.324 e. The lowest BCUT2D eigenvalue weighted by atomic mass is 10.1. The number of rotatable bonds is 2. The SMILES string of the molecule is C[C@@H](N)c1cccc(Cl)c1[N+](=O)[O-]. The van der Waals surface area contributed by atoms with Crippen LogP contribution in [-0.2, 0) is 0 Å². The maximum Gasteiger partial charge on any atom is 0.292 e. The van der Waals surface area contributed by atoms with Gasteiger partial charge in [-0.2, -0.15) is 0 Å². The standard InChI is InChI=1S/C8H9ClN2O2/c1-5(10)6-3-2-4-7(9)8(6)11(12)13/h2-5H,10H2,1H3/t5-/m1/s1. The molecule has 0 saturated carbocycles. The maximum absolute atomic E-state index is 10.6. The number of nitrogens with zero attached hydrogens (tertiary/aromatic N) is 1. The number of nitro groups is 1. The summed E-state index contributed by atoms with van der Waals surface area (Å²) in [6.07, 6.45) is 0. The molecule has 0 saturated heterocycles. The largest absolute Gasteiger partial charge is 0.324 e. The first kappa shape index (κ1) is 9.95. The molecule has 2 N–H and O–H groups in total. The third-order valence-corrected chi connectivity index (χ3v) is 2.00. The first-order chi connectivity index (χ1) is 6.04. The highest BCUT2D eigenvalue weighted by Gasteiger charge is 2.19. The smallest absolute Gasteiger partial charge is 0.292 e. The third kappa shape index (κ3) is 1.96. The molecule has 4 nitrogen and oxygen atoms in total. The minimum atomic E-state index is -0.513. The predicted molar refractivity (Wildman–Crippen MR) is 50.7 cm³/mol. The van der Waals surface area contributed by atoms with Crippen LogP contribution in [0.25, 0.3) is 0 Å². The van der Waals surface area contributed by atoms with Crippen LogP contribution in [0.3, 0.4) is 0 Å². The van der Waals surface area contributed by atoms with Crippen LogP contribution in [0.15, 0.2) is 18.2 Å². The van der Waals surface area contributed by atoms with Gasteiger partial charge in [-0.05, 0) is 13.0 Å². The zero-order chi connectivity index (χ0) is 10.0. The molecule has 0 aliphatic rings. The molecule has 1 atom stereocenters. The van der Waals surface area contributed by atoms with Crippen molar-refractivity contribution in [3.05, 3.63) is 38.9 Å². The van der Waals surface area contributed by atoms with Gasteiger partial charge in [0.25, 0.3) is 5.69 Å². The number of halogens is 1. The molecule has 1 aromatic rings. The highest BCUT2D eigenvalue weighted by molar-refractivity contribution is 6.32. The van der Waals surface area contributed by atoms with Crippen molar-refractivity contribution in [1.82, 2.24) is 0 Å². The van der Waals surface area contributed by atoms with Gasteiger partial charge in [0, 0.05) is 11.6 Å². The van der Waals surface area contributed by atoms with Gasteiger partial charge in [-0.1, -0.05) is 23.7 Å². The lowest BCUT2D eigenvalue weighted by Gasteiger charge is -2.06. The summed E-state index contributed by atoms with van der Waals surface area (Å²) in [6.45, 7) is 1.68. The first-order valence-corrected chi connectivity index (χ1v) is 4.10. The van der Waals surface area contributed by atoms with E-state index in [1.165, 1.54) is 6.07 Å². The summed E-state index contributed by atoms with van der Waals surface area (Å²) < 4.78 is 0. The number of para-hydroxylation sites is 1. The number of benzene rings is 1. The molecule has 1 rings (SSSR count). The summed E-state index contributed by atoms with van der Waals surface area (Å²) in [5, 5.41) is 10.7. The number of nitrogens with two attached hydrogens (primary N) is 1. The van der Waals surface area contributed by atoms with Crippen molar-refractivity contribution >= 4 is 17.3 Å². The summed E-state index contributed by atoms with van der Waals surface area (Å²) in [5.41, 5.74) is 5.92. The van der Waals surface area contributed by atoms with Crippen molar-refractivity contribution in [3.8, 4) is 0 Å². The first-order valence-electron chi connectivity index (χ1n) is 3.72. The molecule has 0 radical (unpaired) electrons. The van der Waals surface area contributed by atoms with Crippen LogP contribution < -0.4 is 5.73 Å². The fraction of sp³-hybridized carbons (Fsp3) is 0.250. The van der Waals surface area contributed by atoms with Crippen LogP contribution >= 0.6 is 11.6 Å². The van der Waals surface area contributed by atoms with Gasteiger partial charge in [0.05, 0.1) is 4.92 Å². The van der Waals surface area contributed by atoms with Crippen LogP contribution in [0.5, 0.6) is 0 Å². The Morgan fingerprint density at radius 3 is 2.62 bits per heavy atom. The molecule has 13 heavy (non-hydrogen) atoms. The molecular formula is C8H9ClN2O2. The Balaban J connectivity index is 3.34. The van der Waals surface area contributed by atoms with Gasteiger partial charge in [0.2, 0.25) is 0 Å². The monoisotopic (exact) mass is 200 g/mol. The van der Waals surface area contributed by atoms with Gasteiger partial charge < -0.3 is 5.73 Å². The number of nitro benzene ring substituents is 1. The molecule has 0 spiro atoms. The molecule has 0 amide bonds. The molecule has 0 fully saturated rings. The van der Waals surface area contributed by atoms with Gasteiger partial charge in [-0.15, -0.1) is 0 Å². The zero-order valence-corrected chi connectivity index (χ0v) is 7.78. The molecule has 0 unspecified atom stereocenters. The Kier molecular flexibility index (Phi) is 2.85. The van der Waals surface area contributed by atoms with Crippen molar-refractivity contribution in [2.24, 2.45) is 5.73 Å². The molecule has 0 heterocycles. The van der Waals surface area contributed by atoms with Crippen LogP contribution in [0.1, 0.15) is 18.5 Å². The Morgan fingerprint density at radius 1 is 1.62 bits per heavy atom. The Labute approximate surface area is 80.5 Å². The molecule has 0 aliphatic heterocycles. The van der Waals surface area contributed by atoms with E-state index in [4.69, 9.17) is 17.3 Å². The molecule has 0 bridgehead atoms. The van der Waals surface area contributed by atoms with E-state index in [0.29, 0.717) is 5.56 Å². The maximum atomic E-state index is 10.6. The summed E-state index contributed by atoms with van der Waals surface area (Å²) in [7, 11) is 0. The quantitative estimate of drug-likeness (QED) is 0.588. The minimum absolute atomic E-state index is 0.0980. The molecule has 5 heteroatoms. The van der Waals surface area contributed by atoms with Crippen molar-refractivity contribution in [1.29, 1.82) is 0 Å². The van der Waals surface area contributed by atoms with E-state index in [1.54, 1.807) is 19.1 Å². The van der Waals surface area contributed by atoms with E-state index in [2.05, 4.69) is 0 Å². The van der Waals surface area contributed by atoms with Gasteiger partial charge in [-0.3, -0.25) is 10.1 Å². The Bertz CT molecular complexity index is 339. The summed E-state index contributed by atoms with van der Waals surface area (Å²) in [4.78, 5) is 10.1. The van der Waals surface area contributed by atoms with Crippen LogP contribution in [0, 0.1) is 10.1 Å². The second-order valence-corrected chi connectivity index (χ2v) is 3.13. The average Bonchev–Trinajstić information content (AvgIpc) is 2.02. The molecule has 1 aromatic carbocycles. The Hall–Kier alpha value is -1.13. The van der Waals surface area contributed by atoms with Crippen molar-refractivity contribution in [3.63, 3.8) is 0 Å². The van der Waals surface area contributed by atoms with Crippen molar-refractivity contribution < 1.29 is 4.92 Å².